The Hall–Kier alpha value is -4.71. The fourth-order valence-electron chi connectivity index (χ4n) is 6.35. The number of likely N-dealkylation sites (tertiary alicyclic amines) is 1. The van der Waals surface area contributed by atoms with Gasteiger partial charge >= 0.3 is 18.0 Å². The highest BCUT2D eigenvalue weighted by Crippen LogP contribution is 2.37. The van der Waals surface area contributed by atoms with E-state index in [4.69, 9.17) is 14.6 Å². The third kappa shape index (κ3) is 7.23. The summed E-state index contributed by atoms with van der Waals surface area (Å²) < 4.78 is 30.3. The Morgan fingerprint density at radius 3 is 2.40 bits per heavy atom. The lowest BCUT2D eigenvalue weighted by Gasteiger charge is -2.26. The van der Waals surface area contributed by atoms with Gasteiger partial charge < -0.3 is 18.9 Å². The second-order valence-corrected chi connectivity index (χ2v) is 15.0. The number of imidazole rings is 1. The van der Waals surface area contributed by atoms with E-state index in [1.807, 2.05) is 31.6 Å². The van der Waals surface area contributed by atoms with Crippen LogP contribution in [-0.4, -0.2) is 78.5 Å². The van der Waals surface area contributed by atoms with Crippen molar-refractivity contribution in [1.29, 1.82) is 5.26 Å². The first-order valence-corrected chi connectivity index (χ1v) is 16.8. The van der Waals surface area contributed by atoms with Crippen molar-refractivity contribution in [3.05, 3.63) is 41.2 Å². The maximum absolute atomic E-state index is 15.3. The number of nitrogens with zero attached hydrogens (tertiary/aromatic N) is 7. The van der Waals surface area contributed by atoms with Crippen LogP contribution in [-0.2, 0) is 9.47 Å². The van der Waals surface area contributed by atoms with Crippen molar-refractivity contribution in [3.8, 4) is 17.9 Å². The minimum atomic E-state index is -0.778. The highest BCUT2D eigenvalue weighted by molar-refractivity contribution is 6.16. The molecule has 1 saturated heterocycles. The van der Waals surface area contributed by atoms with Gasteiger partial charge in [-0.25, -0.2) is 14.2 Å². The van der Waals surface area contributed by atoms with E-state index in [0.717, 1.165) is 44.0 Å². The second kappa shape index (κ2) is 12.7. The molecule has 6 rings (SSSR count). The highest BCUT2D eigenvalue weighted by atomic mass is 19.1. The van der Waals surface area contributed by atoms with Gasteiger partial charge in [-0.2, -0.15) is 15.0 Å². The Morgan fingerprint density at radius 1 is 1.04 bits per heavy atom. The van der Waals surface area contributed by atoms with Crippen LogP contribution in [0, 0.1) is 34.9 Å². The third-order valence-corrected chi connectivity index (χ3v) is 8.65. The van der Waals surface area contributed by atoms with Gasteiger partial charge in [0.05, 0.1) is 22.9 Å². The maximum Gasteiger partial charge on any atom is 0.507 e. The molecule has 0 bridgehead atoms. The number of carbonyl (C=O) groups excluding carboxylic acids is 2. The molecule has 2 aliphatic heterocycles. The largest absolute Gasteiger partial charge is 0.507 e. The third-order valence-electron chi connectivity index (χ3n) is 8.65. The predicted molar refractivity (Wildman–Crippen MR) is 177 cm³/mol. The Morgan fingerprint density at radius 2 is 1.75 bits per heavy atom. The molecular weight excluding hydrogens is 613 g/mol. The van der Waals surface area contributed by atoms with Gasteiger partial charge in [-0.05, 0) is 98.5 Å². The number of allylic oxidation sites excluding steroid dienone is 1. The summed E-state index contributed by atoms with van der Waals surface area (Å²) in [5.41, 5.74) is 0.302. The summed E-state index contributed by atoms with van der Waals surface area (Å²) >= 11 is 0. The van der Waals surface area contributed by atoms with Crippen molar-refractivity contribution in [1.82, 2.24) is 19.4 Å². The number of amides is 2. The lowest BCUT2D eigenvalue weighted by Crippen LogP contribution is -2.44. The molecule has 2 saturated carbocycles. The summed E-state index contributed by atoms with van der Waals surface area (Å²) in [5.74, 6) is 5.45. The molecule has 11 nitrogen and oxygen atoms in total. The van der Waals surface area contributed by atoms with Crippen LogP contribution in [0.1, 0.15) is 98.1 Å². The summed E-state index contributed by atoms with van der Waals surface area (Å²) in [5, 5.41) is 15.3. The van der Waals surface area contributed by atoms with Crippen LogP contribution in [0.25, 0.3) is 11.0 Å². The lowest BCUT2D eigenvalue weighted by atomic mass is 10.1. The van der Waals surface area contributed by atoms with E-state index in [1.165, 1.54) is 10.8 Å². The van der Waals surface area contributed by atoms with Gasteiger partial charge in [-0.15, -0.1) is 4.68 Å². The molecule has 2 amide bonds. The molecule has 1 aromatic carbocycles. The zero-order valence-corrected chi connectivity index (χ0v) is 28.5. The molecular formula is C36H43FN7O4+. The summed E-state index contributed by atoms with van der Waals surface area (Å²) in [4.78, 5) is 34.3. The predicted octanol–water partition coefficient (Wildman–Crippen LogP) is 6.49. The van der Waals surface area contributed by atoms with Gasteiger partial charge in [-0.3, -0.25) is 0 Å². The second-order valence-electron chi connectivity index (χ2n) is 15.0. The van der Waals surface area contributed by atoms with E-state index >= 15 is 4.39 Å². The standard InChI is InChI=1S/C36H43FN7O4/c1-35(2,3)47-33(45)41-16-15-23(20-41)21-43-32(44(26-9-7-8-10-26)34(46)48-36(4,5)6)27(19-38)29(40-43)14-11-24-17-30-31(18-28(24)37)42(22-39-30)25-12-13-25/h17-18,21-23,25-26H,7-10,12-13,15-16,20H2,1-6H3/q+1/b43-21+. The van der Waals surface area contributed by atoms with Crippen LogP contribution in [0.15, 0.2) is 35.0 Å². The molecule has 2 aliphatic carbocycles. The van der Waals surface area contributed by atoms with E-state index in [9.17, 15) is 14.9 Å². The Kier molecular flexibility index (Phi) is 8.80. The lowest BCUT2D eigenvalue weighted by molar-refractivity contribution is -0.492. The molecule has 252 valence electrons. The normalized spacial score (nSPS) is 21.0. The molecule has 3 heterocycles. The summed E-state index contributed by atoms with van der Waals surface area (Å²) in [6.07, 6.45) is 8.67. The number of benzene rings is 1. The van der Waals surface area contributed by atoms with E-state index in [2.05, 4.69) is 22.9 Å². The number of fused-ring (bicyclic) bond motifs is 1. The van der Waals surface area contributed by atoms with Crippen molar-refractivity contribution in [2.75, 3.05) is 13.1 Å². The average Bonchev–Trinajstić information content (AvgIpc) is 3.36. The fourth-order valence-corrected chi connectivity index (χ4v) is 6.35. The number of aromatic nitrogens is 2. The number of hydrogen-bond acceptors (Lipinski definition) is 7. The van der Waals surface area contributed by atoms with Gasteiger partial charge in [0, 0.05) is 31.1 Å². The van der Waals surface area contributed by atoms with E-state index in [0.29, 0.717) is 31.1 Å². The van der Waals surface area contributed by atoms with Crippen molar-refractivity contribution in [2.45, 2.75) is 110 Å². The fraction of sp³-hybridized carbons (Fsp3) is 0.556. The zero-order chi connectivity index (χ0) is 34.4. The molecule has 3 fully saturated rings. The molecule has 12 heteroatoms. The minimum Gasteiger partial charge on any atom is -0.444 e. The van der Waals surface area contributed by atoms with Gasteiger partial charge in [0.1, 0.15) is 35.3 Å². The zero-order valence-electron chi connectivity index (χ0n) is 28.5. The minimum absolute atomic E-state index is 0.0954. The van der Waals surface area contributed by atoms with Crippen molar-refractivity contribution in [3.63, 3.8) is 0 Å². The van der Waals surface area contributed by atoms with Crippen molar-refractivity contribution < 1.29 is 28.1 Å². The Bertz CT molecular complexity index is 1830. The maximum atomic E-state index is 15.3. The monoisotopic (exact) mass is 656 g/mol. The van der Waals surface area contributed by atoms with Gasteiger partial charge in [0.25, 0.3) is 0 Å². The number of rotatable bonds is 4. The highest BCUT2D eigenvalue weighted by Gasteiger charge is 2.47. The molecule has 1 unspecified atom stereocenters. The van der Waals surface area contributed by atoms with Crippen LogP contribution in [0.2, 0.25) is 0 Å². The smallest absolute Gasteiger partial charge is 0.444 e. The molecule has 0 N–H and O–H groups in total. The van der Waals surface area contributed by atoms with E-state index in [-0.39, 0.29) is 34.6 Å². The van der Waals surface area contributed by atoms with E-state index in [1.54, 1.807) is 43.0 Å². The van der Waals surface area contributed by atoms with Crippen molar-refractivity contribution >= 4 is 35.1 Å². The van der Waals surface area contributed by atoms with E-state index < -0.39 is 29.2 Å². The number of nitriles is 1. The first-order chi connectivity index (χ1) is 22.7. The number of hydrogen-bond donors (Lipinski definition) is 0. The van der Waals surface area contributed by atoms with Crippen molar-refractivity contribution in [2.24, 2.45) is 11.0 Å². The SMILES string of the molecule is CC(C)(C)OC(=O)N1CCC(/C=[N+]2/N=C(C#Cc3cc4ncn(C5CC5)c4cc3F)C(C#N)=C2N(C(=O)OC(C)(C)C)C2CCCC2)C1. The number of halogens is 1. The van der Waals surface area contributed by atoms with Crippen LogP contribution in [0.4, 0.5) is 14.0 Å². The number of carbonyl (C=O) groups is 2. The summed E-state index contributed by atoms with van der Waals surface area (Å²) in [7, 11) is 0. The average molecular weight is 657 g/mol. The summed E-state index contributed by atoms with van der Waals surface area (Å²) in [6.45, 7) is 11.7. The molecule has 1 aromatic heterocycles. The quantitative estimate of drug-likeness (QED) is 0.275. The first kappa shape index (κ1) is 33.2. The Balaban J connectivity index is 1.39. The molecule has 48 heavy (non-hydrogen) atoms. The van der Waals surface area contributed by atoms with Gasteiger partial charge in [-0.1, -0.05) is 11.0 Å². The van der Waals surface area contributed by atoms with Crippen LogP contribution < -0.4 is 0 Å². The molecule has 0 radical (unpaired) electrons. The molecule has 4 aliphatic rings. The Labute approximate surface area is 280 Å². The van der Waals surface area contributed by atoms with Crippen LogP contribution in [0.5, 0.6) is 0 Å². The molecule has 0 spiro atoms. The van der Waals surface area contributed by atoms with Gasteiger partial charge in [0.15, 0.2) is 11.3 Å². The van der Waals surface area contributed by atoms with Crippen LogP contribution >= 0.6 is 0 Å². The van der Waals surface area contributed by atoms with Crippen LogP contribution in [0.3, 0.4) is 0 Å². The number of ether oxygens (including phenoxy) is 2. The summed E-state index contributed by atoms with van der Waals surface area (Å²) in [6, 6.07) is 5.45. The molecule has 1 atom stereocenters. The topological polar surface area (TPSA) is 116 Å². The first-order valence-electron chi connectivity index (χ1n) is 16.8. The van der Waals surface area contributed by atoms with Gasteiger partial charge in [0.2, 0.25) is 0 Å². The number of hydrazone groups is 1. The molecule has 2 aromatic rings.